The van der Waals surface area contributed by atoms with Crippen molar-refractivity contribution in [3.63, 3.8) is 0 Å². The Morgan fingerprint density at radius 3 is 2.80 bits per heavy atom. The number of rotatable bonds is 1. The molecular weight excluding hydrogens is 186 g/mol. The third kappa shape index (κ3) is 2.32. The zero-order chi connectivity index (χ0) is 10.9. The van der Waals surface area contributed by atoms with Crippen LogP contribution in [0.3, 0.4) is 0 Å². The second-order valence-corrected chi connectivity index (χ2v) is 4.87. The van der Waals surface area contributed by atoms with E-state index in [0.717, 1.165) is 25.1 Å². The van der Waals surface area contributed by atoms with Crippen LogP contribution in [0.25, 0.3) is 0 Å². The zero-order valence-electron chi connectivity index (χ0n) is 9.76. The maximum Gasteiger partial charge on any atom is 0.119 e. The SMILES string of the molecule is COc1ccc2c(c1)CC(C)(C)NCC2. The summed E-state index contributed by atoms with van der Waals surface area (Å²) in [5, 5.41) is 3.56. The Hall–Kier alpha value is -1.02. The second-order valence-electron chi connectivity index (χ2n) is 4.87. The average molecular weight is 205 g/mol. The van der Waals surface area contributed by atoms with Gasteiger partial charge in [0, 0.05) is 5.54 Å². The van der Waals surface area contributed by atoms with Crippen LogP contribution in [-0.2, 0) is 12.8 Å². The molecule has 15 heavy (non-hydrogen) atoms. The first-order chi connectivity index (χ1) is 7.11. The summed E-state index contributed by atoms with van der Waals surface area (Å²) in [6, 6.07) is 6.42. The van der Waals surface area contributed by atoms with Crippen molar-refractivity contribution in [2.24, 2.45) is 0 Å². The molecule has 2 rings (SSSR count). The van der Waals surface area contributed by atoms with Gasteiger partial charge in [0.15, 0.2) is 0 Å². The third-order valence-corrected chi connectivity index (χ3v) is 3.04. The van der Waals surface area contributed by atoms with Gasteiger partial charge in [0.05, 0.1) is 7.11 Å². The van der Waals surface area contributed by atoms with Gasteiger partial charge in [-0.2, -0.15) is 0 Å². The number of hydrogen-bond acceptors (Lipinski definition) is 2. The topological polar surface area (TPSA) is 21.3 Å². The van der Waals surface area contributed by atoms with E-state index in [2.05, 4.69) is 37.4 Å². The van der Waals surface area contributed by atoms with Gasteiger partial charge < -0.3 is 10.1 Å². The third-order valence-electron chi connectivity index (χ3n) is 3.04. The minimum Gasteiger partial charge on any atom is -0.497 e. The molecular formula is C13H19NO. The monoisotopic (exact) mass is 205 g/mol. The van der Waals surface area contributed by atoms with E-state index >= 15 is 0 Å². The smallest absolute Gasteiger partial charge is 0.119 e. The molecule has 1 aliphatic heterocycles. The highest BCUT2D eigenvalue weighted by atomic mass is 16.5. The maximum absolute atomic E-state index is 5.27. The second kappa shape index (κ2) is 3.86. The van der Waals surface area contributed by atoms with Gasteiger partial charge in [-0.3, -0.25) is 0 Å². The molecule has 1 heterocycles. The number of hydrogen-bond donors (Lipinski definition) is 1. The summed E-state index contributed by atoms with van der Waals surface area (Å²) in [5.41, 5.74) is 3.07. The molecule has 2 heteroatoms. The molecule has 82 valence electrons. The van der Waals surface area contributed by atoms with E-state index < -0.39 is 0 Å². The standard InChI is InChI=1S/C13H19NO/c1-13(2)9-11-8-12(15-3)5-4-10(11)6-7-14-13/h4-5,8,14H,6-7,9H2,1-3H3. The molecule has 0 amide bonds. The first-order valence-electron chi connectivity index (χ1n) is 5.51. The van der Waals surface area contributed by atoms with Gasteiger partial charge in [0.25, 0.3) is 0 Å². The Kier molecular flexibility index (Phi) is 2.70. The minimum absolute atomic E-state index is 0.192. The van der Waals surface area contributed by atoms with Crippen molar-refractivity contribution < 1.29 is 4.74 Å². The normalized spacial score (nSPS) is 19.1. The Bertz CT molecular complexity index is 358. The van der Waals surface area contributed by atoms with Crippen LogP contribution in [-0.4, -0.2) is 19.2 Å². The zero-order valence-corrected chi connectivity index (χ0v) is 9.76. The highest BCUT2D eigenvalue weighted by molar-refractivity contribution is 5.37. The molecule has 0 bridgehead atoms. The predicted molar refractivity (Wildman–Crippen MR) is 62.5 cm³/mol. The fourth-order valence-electron chi connectivity index (χ4n) is 2.21. The van der Waals surface area contributed by atoms with Gasteiger partial charge in [-0.1, -0.05) is 6.07 Å². The number of methoxy groups -OCH3 is 1. The maximum atomic E-state index is 5.27. The van der Waals surface area contributed by atoms with Gasteiger partial charge in [0.1, 0.15) is 5.75 Å². The number of benzene rings is 1. The van der Waals surface area contributed by atoms with Crippen LogP contribution in [0, 0.1) is 0 Å². The van der Waals surface area contributed by atoms with Crippen LogP contribution in [0.2, 0.25) is 0 Å². The first kappa shape index (κ1) is 10.5. The van der Waals surface area contributed by atoms with E-state index in [9.17, 15) is 0 Å². The summed E-state index contributed by atoms with van der Waals surface area (Å²) in [7, 11) is 1.72. The van der Waals surface area contributed by atoms with Crippen molar-refractivity contribution >= 4 is 0 Å². The van der Waals surface area contributed by atoms with Crippen LogP contribution < -0.4 is 10.1 Å². The average Bonchev–Trinajstić information content (AvgIpc) is 2.33. The fourth-order valence-corrected chi connectivity index (χ4v) is 2.21. The molecule has 0 atom stereocenters. The summed E-state index contributed by atoms with van der Waals surface area (Å²) < 4.78 is 5.27. The largest absolute Gasteiger partial charge is 0.497 e. The van der Waals surface area contributed by atoms with Gasteiger partial charge in [-0.25, -0.2) is 0 Å². The van der Waals surface area contributed by atoms with Gasteiger partial charge in [0.2, 0.25) is 0 Å². The van der Waals surface area contributed by atoms with Crippen LogP contribution in [0.4, 0.5) is 0 Å². The van der Waals surface area contributed by atoms with Crippen LogP contribution >= 0.6 is 0 Å². The van der Waals surface area contributed by atoms with Gasteiger partial charge >= 0.3 is 0 Å². The van der Waals surface area contributed by atoms with Crippen molar-refractivity contribution in [3.8, 4) is 5.75 Å². The van der Waals surface area contributed by atoms with E-state index in [1.165, 1.54) is 11.1 Å². The van der Waals surface area contributed by atoms with Crippen LogP contribution in [0.15, 0.2) is 18.2 Å². The molecule has 0 unspecified atom stereocenters. The molecule has 1 aliphatic rings. The van der Waals surface area contributed by atoms with Crippen molar-refractivity contribution in [1.29, 1.82) is 0 Å². The van der Waals surface area contributed by atoms with Gasteiger partial charge in [-0.05, 0) is 56.5 Å². The molecule has 0 aliphatic carbocycles. The molecule has 2 nitrogen and oxygen atoms in total. The van der Waals surface area contributed by atoms with Crippen molar-refractivity contribution in [3.05, 3.63) is 29.3 Å². The van der Waals surface area contributed by atoms with Crippen LogP contribution in [0.1, 0.15) is 25.0 Å². The molecule has 0 saturated heterocycles. The predicted octanol–water partition coefficient (Wildman–Crippen LogP) is 2.16. The number of ether oxygens (including phenoxy) is 1. The van der Waals surface area contributed by atoms with E-state index in [4.69, 9.17) is 4.74 Å². The number of nitrogens with one attached hydrogen (secondary N) is 1. The Morgan fingerprint density at radius 2 is 2.07 bits per heavy atom. The summed E-state index contributed by atoms with van der Waals surface area (Å²) in [6.07, 6.45) is 2.18. The van der Waals surface area contributed by atoms with E-state index in [0.29, 0.717) is 0 Å². The van der Waals surface area contributed by atoms with E-state index in [1.807, 2.05) is 0 Å². The Morgan fingerprint density at radius 1 is 1.27 bits per heavy atom. The van der Waals surface area contributed by atoms with Crippen LogP contribution in [0.5, 0.6) is 5.75 Å². The number of fused-ring (bicyclic) bond motifs is 1. The quantitative estimate of drug-likeness (QED) is 0.758. The molecule has 0 spiro atoms. The van der Waals surface area contributed by atoms with Gasteiger partial charge in [-0.15, -0.1) is 0 Å². The van der Waals surface area contributed by atoms with Crippen molar-refractivity contribution in [1.82, 2.24) is 5.32 Å². The van der Waals surface area contributed by atoms with Crippen molar-refractivity contribution in [2.75, 3.05) is 13.7 Å². The lowest BCUT2D eigenvalue weighted by Gasteiger charge is -2.24. The molecule has 0 saturated carbocycles. The summed E-state index contributed by atoms with van der Waals surface area (Å²) in [6.45, 7) is 5.56. The molecule has 1 aromatic carbocycles. The molecule has 0 aromatic heterocycles. The summed E-state index contributed by atoms with van der Waals surface area (Å²) >= 11 is 0. The molecule has 1 aromatic rings. The van der Waals surface area contributed by atoms with E-state index in [-0.39, 0.29) is 5.54 Å². The molecule has 1 N–H and O–H groups in total. The Balaban J connectivity index is 2.36. The first-order valence-corrected chi connectivity index (χ1v) is 5.51. The van der Waals surface area contributed by atoms with Crippen molar-refractivity contribution in [2.45, 2.75) is 32.2 Å². The lowest BCUT2D eigenvalue weighted by molar-refractivity contribution is 0.397. The highest BCUT2D eigenvalue weighted by Crippen LogP contribution is 2.24. The lowest BCUT2D eigenvalue weighted by atomic mass is 9.93. The van der Waals surface area contributed by atoms with E-state index in [1.54, 1.807) is 7.11 Å². The summed E-state index contributed by atoms with van der Waals surface area (Å²) in [5.74, 6) is 0.964. The molecule has 0 radical (unpaired) electrons. The fraction of sp³-hybridized carbons (Fsp3) is 0.538. The lowest BCUT2D eigenvalue weighted by Crippen LogP contribution is -2.40. The Labute approximate surface area is 91.6 Å². The highest BCUT2D eigenvalue weighted by Gasteiger charge is 2.22. The molecule has 0 fully saturated rings. The minimum atomic E-state index is 0.192. The summed E-state index contributed by atoms with van der Waals surface area (Å²) in [4.78, 5) is 0.